The molecule has 0 aliphatic carbocycles. The molecule has 0 radical (unpaired) electrons. The number of carbonyl (C=O) groups is 1. The Bertz CT molecular complexity index is 909. The number of aryl methyl sites for hydroxylation is 2. The van der Waals surface area contributed by atoms with Gasteiger partial charge in [0.1, 0.15) is 0 Å². The molecule has 1 amide bonds. The molecule has 5 nitrogen and oxygen atoms in total. The number of benzene rings is 1. The number of pyridine rings is 1. The van der Waals surface area contributed by atoms with E-state index in [1.807, 2.05) is 24.7 Å². The first-order valence-corrected chi connectivity index (χ1v) is 8.52. The van der Waals surface area contributed by atoms with Crippen LogP contribution in [-0.4, -0.2) is 32.6 Å². The number of hydrogen-bond acceptors (Lipinski definition) is 3. The van der Waals surface area contributed by atoms with E-state index in [1.54, 1.807) is 11.1 Å². The Hall–Kier alpha value is -2.69. The average molecular weight is 336 g/mol. The quantitative estimate of drug-likeness (QED) is 0.726. The summed E-state index contributed by atoms with van der Waals surface area (Å²) in [6.45, 7) is 8.65. The lowest BCUT2D eigenvalue weighted by Gasteiger charge is -2.18. The van der Waals surface area contributed by atoms with Crippen molar-refractivity contribution in [3.8, 4) is 0 Å². The Morgan fingerprint density at radius 1 is 1.20 bits per heavy atom. The second kappa shape index (κ2) is 6.67. The van der Waals surface area contributed by atoms with E-state index in [4.69, 9.17) is 0 Å². The van der Waals surface area contributed by atoms with Gasteiger partial charge in [0.2, 0.25) is 0 Å². The highest BCUT2D eigenvalue weighted by molar-refractivity contribution is 6.05. The lowest BCUT2D eigenvalue weighted by Crippen LogP contribution is -2.26. The zero-order valence-electron chi connectivity index (χ0n) is 15.4. The van der Waals surface area contributed by atoms with E-state index < -0.39 is 0 Å². The van der Waals surface area contributed by atoms with Gasteiger partial charge in [0.25, 0.3) is 5.91 Å². The summed E-state index contributed by atoms with van der Waals surface area (Å²) in [5.41, 5.74) is 4.57. The van der Waals surface area contributed by atoms with Crippen molar-refractivity contribution in [2.45, 2.75) is 40.3 Å². The largest absolute Gasteiger partial charge is 0.337 e. The Morgan fingerprint density at radius 3 is 2.52 bits per heavy atom. The minimum atomic E-state index is -0.0145. The fourth-order valence-corrected chi connectivity index (χ4v) is 2.94. The molecule has 0 aliphatic rings. The van der Waals surface area contributed by atoms with Crippen molar-refractivity contribution in [1.29, 1.82) is 0 Å². The molecule has 0 spiro atoms. The van der Waals surface area contributed by atoms with Gasteiger partial charge in [-0.15, -0.1) is 0 Å². The van der Waals surface area contributed by atoms with Gasteiger partial charge in [0, 0.05) is 25.3 Å². The number of rotatable bonds is 4. The second-order valence-electron chi connectivity index (χ2n) is 6.88. The normalized spacial score (nSPS) is 11.3. The minimum absolute atomic E-state index is 0.0145. The van der Waals surface area contributed by atoms with Gasteiger partial charge in [-0.1, -0.05) is 29.8 Å². The Morgan fingerprint density at radius 2 is 1.88 bits per heavy atom. The Balaban J connectivity index is 1.94. The lowest BCUT2D eigenvalue weighted by atomic mass is 10.1. The van der Waals surface area contributed by atoms with Gasteiger partial charge < -0.3 is 4.90 Å². The summed E-state index contributed by atoms with van der Waals surface area (Å²) in [6, 6.07) is 10.3. The zero-order chi connectivity index (χ0) is 18.1. The van der Waals surface area contributed by atoms with Crippen LogP contribution in [0.2, 0.25) is 0 Å². The number of hydrogen-bond donors (Lipinski definition) is 0. The van der Waals surface area contributed by atoms with Crippen LogP contribution in [0.5, 0.6) is 0 Å². The summed E-state index contributed by atoms with van der Waals surface area (Å²) in [5.74, 6) is -0.0145. The van der Waals surface area contributed by atoms with Gasteiger partial charge in [0.05, 0.1) is 17.1 Å². The summed E-state index contributed by atoms with van der Waals surface area (Å²) < 4.78 is 1.86. The summed E-state index contributed by atoms with van der Waals surface area (Å²) >= 11 is 0. The molecule has 25 heavy (non-hydrogen) atoms. The first kappa shape index (κ1) is 17.1. The van der Waals surface area contributed by atoms with Gasteiger partial charge in [-0.3, -0.25) is 4.79 Å². The fourth-order valence-electron chi connectivity index (χ4n) is 2.94. The smallest absolute Gasteiger partial charge is 0.254 e. The molecule has 0 aliphatic heterocycles. The molecule has 0 saturated heterocycles. The molecule has 3 aromatic rings. The summed E-state index contributed by atoms with van der Waals surface area (Å²) in [6.07, 6.45) is 1.74. The van der Waals surface area contributed by atoms with E-state index in [0.29, 0.717) is 12.1 Å². The molecular weight excluding hydrogens is 312 g/mol. The lowest BCUT2D eigenvalue weighted by molar-refractivity contribution is 0.0787. The minimum Gasteiger partial charge on any atom is -0.337 e. The Labute approximate surface area is 148 Å². The molecule has 0 N–H and O–H groups in total. The van der Waals surface area contributed by atoms with E-state index in [0.717, 1.165) is 22.3 Å². The number of carbonyl (C=O) groups excluding carboxylic acids is 1. The van der Waals surface area contributed by atoms with Crippen LogP contribution in [0.3, 0.4) is 0 Å². The zero-order valence-corrected chi connectivity index (χ0v) is 15.4. The van der Waals surface area contributed by atoms with E-state index in [-0.39, 0.29) is 11.9 Å². The molecule has 0 bridgehead atoms. The van der Waals surface area contributed by atoms with Crippen LogP contribution in [0.1, 0.15) is 47.1 Å². The van der Waals surface area contributed by atoms with Crippen molar-refractivity contribution in [2.24, 2.45) is 0 Å². The van der Waals surface area contributed by atoms with Crippen LogP contribution in [-0.2, 0) is 6.54 Å². The maximum atomic E-state index is 13.0. The predicted molar refractivity (Wildman–Crippen MR) is 99.6 cm³/mol. The monoisotopic (exact) mass is 336 g/mol. The molecule has 0 fully saturated rings. The Kier molecular flexibility index (Phi) is 4.57. The van der Waals surface area contributed by atoms with Crippen molar-refractivity contribution in [1.82, 2.24) is 19.7 Å². The van der Waals surface area contributed by atoms with Crippen LogP contribution >= 0.6 is 0 Å². The molecule has 2 aromatic heterocycles. The molecular formula is C20H24N4O. The van der Waals surface area contributed by atoms with Crippen molar-refractivity contribution >= 4 is 16.9 Å². The fraction of sp³-hybridized carbons (Fsp3) is 0.350. The van der Waals surface area contributed by atoms with E-state index >= 15 is 0 Å². The van der Waals surface area contributed by atoms with Gasteiger partial charge in [-0.25, -0.2) is 9.67 Å². The average Bonchev–Trinajstić information content (AvgIpc) is 2.99. The highest BCUT2D eigenvalue weighted by Gasteiger charge is 2.19. The standard InChI is InChI=1S/C20H24N4O/c1-13(2)24-19-18(11-21-24)17(10-15(4)22-19)20(25)23(5)12-16-8-6-14(3)7-9-16/h6-11,13H,12H2,1-5H3. The summed E-state index contributed by atoms with van der Waals surface area (Å²) in [4.78, 5) is 19.3. The van der Waals surface area contributed by atoms with Crippen molar-refractivity contribution < 1.29 is 4.79 Å². The van der Waals surface area contributed by atoms with Crippen molar-refractivity contribution in [3.63, 3.8) is 0 Å². The van der Waals surface area contributed by atoms with E-state index in [1.165, 1.54) is 5.56 Å². The third-order valence-electron chi connectivity index (χ3n) is 4.30. The SMILES string of the molecule is Cc1ccc(CN(C)C(=O)c2cc(C)nc3c2cnn3C(C)C)cc1. The van der Waals surface area contributed by atoms with Crippen LogP contribution in [0.15, 0.2) is 36.5 Å². The molecule has 0 atom stereocenters. The number of amides is 1. The molecule has 0 unspecified atom stereocenters. The predicted octanol–water partition coefficient (Wildman–Crippen LogP) is 3.90. The first-order chi connectivity index (χ1) is 11.9. The summed E-state index contributed by atoms with van der Waals surface area (Å²) in [7, 11) is 1.83. The maximum absolute atomic E-state index is 13.0. The highest BCUT2D eigenvalue weighted by Crippen LogP contribution is 2.22. The van der Waals surface area contributed by atoms with Crippen molar-refractivity contribution in [3.05, 3.63) is 58.9 Å². The topological polar surface area (TPSA) is 51.0 Å². The molecule has 1 aromatic carbocycles. The number of aromatic nitrogens is 3. The van der Waals surface area contributed by atoms with E-state index in [2.05, 4.69) is 55.1 Å². The van der Waals surface area contributed by atoms with Crippen LogP contribution in [0.25, 0.3) is 11.0 Å². The molecule has 3 rings (SSSR count). The number of nitrogens with zero attached hydrogens (tertiary/aromatic N) is 4. The molecule has 5 heteroatoms. The number of fused-ring (bicyclic) bond motifs is 1. The second-order valence-corrected chi connectivity index (χ2v) is 6.88. The van der Waals surface area contributed by atoms with Gasteiger partial charge in [-0.05, 0) is 39.3 Å². The van der Waals surface area contributed by atoms with Crippen LogP contribution < -0.4 is 0 Å². The van der Waals surface area contributed by atoms with Gasteiger partial charge in [0.15, 0.2) is 5.65 Å². The maximum Gasteiger partial charge on any atom is 0.254 e. The van der Waals surface area contributed by atoms with Gasteiger partial charge >= 0.3 is 0 Å². The van der Waals surface area contributed by atoms with Crippen molar-refractivity contribution in [2.75, 3.05) is 7.05 Å². The molecule has 0 saturated carbocycles. The summed E-state index contributed by atoms with van der Waals surface area (Å²) in [5, 5.41) is 5.22. The molecule has 2 heterocycles. The van der Waals surface area contributed by atoms with Gasteiger partial charge in [-0.2, -0.15) is 5.10 Å². The third kappa shape index (κ3) is 3.40. The molecule has 130 valence electrons. The van der Waals surface area contributed by atoms with E-state index in [9.17, 15) is 4.79 Å². The third-order valence-corrected chi connectivity index (χ3v) is 4.30. The highest BCUT2D eigenvalue weighted by atomic mass is 16.2. The van der Waals surface area contributed by atoms with Crippen LogP contribution in [0, 0.1) is 13.8 Å². The first-order valence-electron chi connectivity index (χ1n) is 8.52. The van der Waals surface area contributed by atoms with Crippen LogP contribution in [0.4, 0.5) is 0 Å².